The molecule has 1 rings (SSSR count). The molecule has 2 heteroatoms. The first kappa shape index (κ1) is 10.6. The predicted octanol–water partition coefficient (Wildman–Crippen LogP) is 1.86. The average molecular weight is 188 g/mol. The standard InChI is InChI=1S/C12H16N2/c1-4-5-6-7-8-11(2)12-13-9-10-14(12)3/h6-8H,9-10H2,1-3H3/b7-6-,11-8+. The number of allylic oxidation sites excluding steroid dienone is 3. The summed E-state index contributed by atoms with van der Waals surface area (Å²) in [6, 6.07) is 0. The number of amidine groups is 1. The molecule has 0 amide bonds. The number of hydrogen-bond donors (Lipinski definition) is 0. The van der Waals surface area contributed by atoms with Crippen LogP contribution in [0.3, 0.4) is 0 Å². The fraction of sp³-hybridized carbons (Fsp3) is 0.417. The van der Waals surface area contributed by atoms with Gasteiger partial charge in [-0.15, -0.1) is 5.92 Å². The molecule has 0 bridgehead atoms. The van der Waals surface area contributed by atoms with Gasteiger partial charge in [0.15, 0.2) is 0 Å². The van der Waals surface area contributed by atoms with Crippen molar-refractivity contribution < 1.29 is 0 Å². The Labute approximate surface area is 86.0 Å². The van der Waals surface area contributed by atoms with E-state index in [2.05, 4.69) is 35.7 Å². The van der Waals surface area contributed by atoms with Gasteiger partial charge in [0.1, 0.15) is 5.84 Å². The molecule has 1 heterocycles. The summed E-state index contributed by atoms with van der Waals surface area (Å²) in [4.78, 5) is 6.59. The molecule has 0 aromatic heterocycles. The minimum atomic E-state index is 0.912. The van der Waals surface area contributed by atoms with E-state index >= 15 is 0 Å². The van der Waals surface area contributed by atoms with E-state index < -0.39 is 0 Å². The number of aliphatic imine (C=N–C) groups is 1. The second-order valence-electron chi connectivity index (χ2n) is 3.23. The number of likely N-dealkylation sites (N-methyl/N-ethyl adjacent to an activating group) is 1. The Balaban J connectivity index is 2.63. The molecule has 14 heavy (non-hydrogen) atoms. The van der Waals surface area contributed by atoms with Crippen LogP contribution in [0.2, 0.25) is 0 Å². The normalized spacial score (nSPS) is 16.9. The molecular weight excluding hydrogens is 172 g/mol. The van der Waals surface area contributed by atoms with Gasteiger partial charge in [0.05, 0.1) is 6.54 Å². The fourth-order valence-electron chi connectivity index (χ4n) is 1.36. The van der Waals surface area contributed by atoms with Gasteiger partial charge in [-0.1, -0.05) is 18.1 Å². The zero-order valence-electron chi connectivity index (χ0n) is 9.04. The van der Waals surface area contributed by atoms with Crippen molar-refractivity contribution in [2.24, 2.45) is 4.99 Å². The Bertz CT molecular complexity index is 337. The Hall–Kier alpha value is -1.49. The van der Waals surface area contributed by atoms with Crippen LogP contribution in [-0.4, -0.2) is 30.9 Å². The van der Waals surface area contributed by atoms with E-state index in [0.717, 1.165) is 18.9 Å². The zero-order valence-corrected chi connectivity index (χ0v) is 9.04. The second-order valence-corrected chi connectivity index (χ2v) is 3.23. The van der Waals surface area contributed by atoms with E-state index in [9.17, 15) is 0 Å². The quantitative estimate of drug-likeness (QED) is 0.477. The van der Waals surface area contributed by atoms with Crippen molar-refractivity contribution in [1.29, 1.82) is 0 Å². The van der Waals surface area contributed by atoms with Crippen LogP contribution in [-0.2, 0) is 0 Å². The highest BCUT2D eigenvalue weighted by Gasteiger charge is 2.12. The van der Waals surface area contributed by atoms with Crippen LogP contribution >= 0.6 is 0 Å². The molecule has 0 saturated carbocycles. The maximum Gasteiger partial charge on any atom is 0.126 e. The van der Waals surface area contributed by atoms with E-state index in [-0.39, 0.29) is 0 Å². The summed E-state index contributed by atoms with van der Waals surface area (Å²) in [6.07, 6.45) is 5.85. The highest BCUT2D eigenvalue weighted by molar-refractivity contribution is 5.98. The highest BCUT2D eigenvalue weighted by Crippen LogP contribution is 2.07. The average Bonchev–Trinajstić information content (AvgIpc) is 2.59. The largest absolute Gasteiger partial charge is 0.358 e. The maximum atomic E-state index is 4.42. The molecule has 0 aromatic carbocycles. The third-order valence-corrected chi connectivity index (χ3v) is 2.08. The van der Waals surface area contributed by atoms with Gasteiger partial charge in [-0.2, -0.15) is 0 Å². The van der Waals surface area contributed by atoms with Gasteiger partial charge in [-0.25, -0.2) is 0 Å². The first-order valence-corrected chi connectivity index (χ1v) is 4.77. The van der Waals surface area contributed by atoms with E-state index in [1.807, 2.05) is 25.2 Å². The van der Waals surface area contributed by atoms with Crippen LogP contribution < -0.4 is 0 Å². The molecule has 0 unspecified atom stereocenters. The summed E-state index contributed by atoms with van der Waals surface area (Å²) in [5.74, 6) is 6.79. The van der Waals surface area contributed by atoms with Crippen LogP contribution in [0.1, 0.15) is 13.8 Å². The molecule has 0 fully saturated rings. The Kier molecular flexibility index (Phi) is 4.00. The van der Waals surface area contributed by atoms with E-state index in [1.165, 1.54) is 5.57 Å². The number of hydrogen-bond acceptors (Lipinski definition) is 2. The molecule has 0 aliphatic carbocycles. The van der Waals surface area contributed by atoms with Crippen LogP contribution in [0.4, 0.5) is 0 Å². The molecule has 0 spiro atoms. The molecule has 0 atom stereocenters. The lowest BCUT2D eigenvalue weighted by Crippen LogP contribution is -2.23. The van der Waals surface area contributed by atoms with Crippen LogP contribution in [0.5, 0.6) is 0 Å². The highest BCUT2D eigenvalue weighted by atomic mass is 15.2. The Morgan fingerprint density at radius 1 is 1.57 bits per heavy atom. The van der Waals surface area contributed by atoms with Gasteiger partial charge in [0, 0.05) is 13.6 Å². The van der Waals surface area contributed by atoms with Crippen molar-refractivity contribution in [2.45, 2.75) is 13.8 Å². The summed E-state index contributed by atoms with van der Waals surface area (Å²) < 4.78 is 0. The molecule has 2 nitrogen and oxygen atoms in total. The van der Waals surface area contributed by atoms with Crippen LogP contribution in [0.25, 0.3) is 0 Å². The minimum absolute atomic E-state index is 0.912. The van der Waals surface area contributed by atoms with Crippen molar-refractivity contribution in [1.82, 2.24) is 4.90 Å². The molecule has 1 aliphatic rings. The molecule has 1 aliphatic heterocycles. The fourth-order valence-corrected chi connectivity index (χ4v) is 1.36. The minimum Gasteiger partial charge on any atom is -0.358 e. The second kappa shape index (κ2) is 5.29. The van der Waals surface area contributed by atoms with E-state index in [0.29, 0.717) is 0 Å². The third-order valence-electron chi connectivity index (χ3n) is 2.08. The van der Waals surface area contributed by atoms with Crippen LogP contribution in [0, 0.1) is 11.8 Å². The number of rotatable bonds is 2. The van der Waals surface area contributed by atoms with Gasteiger partial charge in [0.25, 0.3) is 0 Å². The van der Waals surface area contributed by atoms with Crippen molar-refractivity contribution in [3.8, 4) is 11.8 Å². The SMILES string of the molecule is CC#C/C=C\C=C(/C)C1=NCCN1C. The predicted molar refractivity (Wildman–Crippen MR) is 61.3 cm³/mol. The lowest BCUT2D eigenvalue weighted by atomic mass is 10.2. The molecule has 74 valence electrons. The van der Waals surface area contributed by atoms with Gasteiger partial charge < -0.3 is 4.90 Å². The first-order chi connectivity index (χ1) is 6.75. The molecule has 0 radical (unpaired) electrons. The van der Waals surface area contributed by atoms with E-state index in [1.54, 1.807) is 0 Å². The van der Waals surface area contributed by atoms with Crippen molar-refractivity contribution >= 4 is 5.84 Å². The zero-order chi connectivity index (χ0) is 10.4. The Morgan fingerprint density at radius 2 is 2.36 bits per heavy atom. The summed E-state index contributed by atoms with van der Waals surface area (Å²) in [7, 11) is 2.07. The third kappa shape index (κ3) is 2.77. The summed E-state index contributed by atoms with van der Waals surface area (Å²) >= 11 is 0. The maximum absolute atomic E-state index is 4.42. The van der Waals surface area contributed by atoms with Gasteiger partial charge in [-0.05, 0) is 25.5 Å². The van der Waals surface area contributed by atoms with Crippen molar-refractivity contribution in [3.05, 3.63) is 23.8 Å². The van der Waals surface area contributed by atoms with E-state index in [4.69, 9.17) is 0 Å². The monoisotopic (exact) mass is 188 g/mol. The van der Waals surface area contributed by atoms with Crippen molar-refractivity contribution in [3.63, 3.8) is 0 Å². The first-order valence-electron chi connectivity index (χ1n) is 4.77. The topological polar surface area (TPSA) is 15.6 Å². The van der Waals surface area contributed by atoms with Crippen molar-refractivity contribution in [2.75, 3.05) is 20.1 Å². The number of nitrogens with zero attached hydrogens (tertiary/aromatic N) is 2. The lowest BCUT2D eigenvalue weighted by Gasteiger charge is -2.13. The summed E-state index contributed by atoms with van der Waals surface area (Å²) in [5.41, 5.74) is 1.19. The lowest BCUT2D eigenvalue weighted by molar-refractivity contribution is 0.556. The Morgan fingerprint density at radius 3 is 2.93 bits per heavy atom. The van der Waals surface area contributed by atoms with Gasteiger partial charge in [0.2, 0.25) is 0 Å². The summed E-state index contributed by atoms with van der Waals surface area (Å²) in [6.45, 7) is 5.84. The van der Waals surface area contributed by atoms with Gasteiger partial charge in [-0.3, -0.25) is 4.99 Å². The molecular formula is C12H16N2. The summed E-state index contributed by atoms with van der Waals surface area (Å²) in [5, 5.41) is 0. The van der Waals surface area contributed by atoms with Gasteiger partial charge >= 0.3 is 0 Å². The van der Waals surface area contributed by atoms with Crippen LogP contribution in [0.15, 0.2) is 28.8 Å². The molecule has 0 saturated heterocycles. The molecule has 0 aromatic rings. The molecule has 0 N–H and O–H groups in total. The smallest absolute Gasteiger partial charge is 0.126 e.